The van der Waals surface area contributed by atoms with Gasteiger partial charge in [-0.05, 0) is 56.2 Å². The van der Waals surface area contributed by atoms with Gasteiger partial charge in [-0.25, -0.2) is 14.2 Å². The van der Waals surface area contributed by atoms with Crippen LogP contribution in [0.25, 0.3) is 0 Å². The second kappa shape index (κ2) is 13.2. The molecule has 0 radical (unpaired) electrons. The van der Waals surface area contributed by atoms with Gasteiger partial charge in [0.25, 0.3) is 10.1 Å². The zero-order chi connectivity index (χ0) is 25.2. The van der Waals surface area contributed by atoms with Crippen molar-refractivity contribution in [1.29, 1.82) is 0 Å². The Labute approximate surface area is 200 Å². The summed E-state index contributed by atoms with van der Waals surface area (Å²) in [6.45, 7) is 0. The molecule has 1 fully saturated rings. The maximum Gasteiger partial charge on any atom is 0.408 e. The van der Waals surface area contributed by atoms with Crippen LogP contribution >= 0.6 is 7.60 Å². The lowest BCUT2D eigenvalue weighted by molar-refractivity contribution is 0.0696. The molecular formula is C23H33O9PS. The first-order valence-corrected chi connectivity index (χ1v) is 14.6. The number of benzene rings is 1. The molecule has 0 heterocycles. The first kappa shape index (κ1) is 28.2. The highest BCUT2D eigenvalue weighted by Gasteiger charge is 2.33. The highest BCUT2D eigenvalue weighted by molar-refractivity contribution is 7.85. The van der Waals surface area contributed by atoms with Gasteiger partial charge in [-0.1, -0.05) is 44.2 Å². The molecule has 1 saturated carbocycles. The van der Waals surface area contributed by atoms with Gasteiger partial charge in [0.2, 0.25) is 0 Å². The summed E-state index contributed by atoms with van der Waals surface area (Å²) in [7, 11) is -6.88. The predicted octanol–water partition coefficient (Wildman–Crippen LogP) is 5.68. The summed E-state index contributed by atoms with van der Waals surface area (Å²) < 4.78 is 54.7. The van der Waals surface area contributed by atoms with E-state index >= 15 is 0 Å². The van der Waals surface area contributed by atoms with Gasteiger partial charge in [-0.2, -0.15) is 8.42 Å². The van der Waals surface area contributed by atoms with E-state index in [9.17, 15) is 22.6 Å². The van der Waals surface area contributed by atoms with Crippen LogP contribution in [-0.2, 0) is 23.7 Å². The molecule has 2 rings (SSSR count). The first-order chi connectivity index (χ1) is 16.0. The van der Waals surface area contributed by atoms with E-state index in [0.717, 1.165) is 18.9 Å². The van der Waals surface area contributed by atoms with E-state index in [1.807, 2.05) is 0 Å². The fraction of sp³-hybridized carbons (Fsp3) is 0.565. The minimum absolute atomic E-state index is 0.0596. The molecule has 11 heteroatoms. The van der Waals surface area contributed by atoms with E-state index in [0.29, 0.717) is 30.5 Å². The van der Waals surface area contributed by atoms with Crippen molar-refractivity contribution in [3.8, 4) is 0 Å². The van der Waals surface area contributed by atoms with Crippen LogP contribution in [0.15, 0.2) is 35.7 Å². The molecule has 0 bridgehead atoms. The van der Waals surface area contributed by atoms with E-state index in [4.69, 9.17) is 18.7 Å². The molecule has 1 aromatic rings. The van der Waals surface area contributed by atoms with Gasteiger partial charge in [0, 0.05) is 12.4 Å². The zero-order valence-electron chi connectivity index (χ0n) is 19.3. The van der Waals surface area contributed by atoms with Crippen LogP contribution in [0.4, 0.5) is 0 Å². The van der Waals surface area contributed by atoms with Gasteiger partial charge in [0.15, 0.2) is 0 Å². The molecule has 190 valence electrons. The Morgan fingerprint density at radius 2 is 1.82 bits per heavy atom. The van der Waals surface area contributed by atoms with Crippen molar-refractivity contribution in [3.63, 3.8) is 0 Å². The van der Waals surface area contributed by atoms with Crippen molar-refractivity contribution in [1.82, 2.24) is 0 Å². The highest BCUT2D eigenvalue weighted by Crippen LogP contribution is 2.58. The van der Waals surface area contributed by atoms with Crippen LogP contribution in [0, 0.1) is 5.92 Å². The number of unbranched alkanes of at least 4 members (excludes halogenated alkanes) is 2. The van der Waals surface area contributed by atoms with Gasteiger partial charge in [-0.15, -0.1) is 0 Å². The number of allylic oxidation sites excluding steroid dienone is 2. The molecule has 1 aliphatic carbocycles. The standard InChI is InChI=1S/C23H33O9PS/c1-31-33(27,32-23(26)20-13-8-12-19(17-20)22(24)25)21(14-3-2-6-16-34(28,29)30)15-7-11-18-9-4-5-10-18/h8,12-14,17-18H,2-7,9-11,15-16H2,1H3,(H,24,25)(H,28,29,30). The summed E-state index contributed by atoms with van der Waals surface area (Å²) in [6, 6.07) is 5.23. The van der Waals surface area contributed by atoms with Crippen LogP contribution in [0.3, 0.4) is 0 Å². The van der Waals surface area contributed by atoms with Crippen LogP contribution in [0.2, 0.25) is 0 Å². The summed E-state index contributed by atoms with van der Waals surface area (Å²) in [4.78, 5) is 23.9. The summed E-state index contributed by atoms with van der Waals surface area (Å²) in [5.41, 5.74) is -0.163. The minimum atomic E-state index is -4.05. The van der Waals surface area contributed by atoms with Crippen LogP contribution < -0.4 is 0 Å². The first-order valence-electron chi connectivity index (χ1n) is 11.4. The number of carbonyl (C=O) groups is 2. The fourth-order valence-electron chi connectivity index (χ4n) is 4.07. The molecule has 1 atom stereocenters. The number of hydrogen-bond donors (Lipinski definition) is 2. The average Bonchev–Trinajstić information content (AvgIpc) is 3.30. The molecule has 1 aliphatic rings. The van der Waals surface area contributed by atoms with E-state index in [-0.39, 0.29) is 23.3 Å². The Morgan fingerprint density at radius 3 is 2.44 bits per heavy atom. The molecule has 0 aliphatic heterocycles. The van der Waals surface area contributed by atoms with Crippen LogP contribution in [-0.4, -0.2) is 42.9 Å². The third-order valence-electron chi connectivity index (χ3n) is 5.90. The number of aromatic carboxylic acids is 1. The SMILES string of the molecule is COP(=O)(OC(=O)c1cccc(C(=O)O)c1)C(=CCCCCS(=O)(=O)O)CCCC1CCCC1. The highest BCUT2D eigenvalue weighted by atomic mass is 32.2. The van der Waals surface area contributed by atoms with Gasteiger partial charge >= 0.3 is 19.5 Å². The molecule has 0 amide bonds. The quantitative estimate of drug-likeness (QED) is 0.181. The molecule has 9 nitrogen and oxygen atoms in total. The molecule has 0 spiro atoms. The van der Waals surface area contributed by atoms with Gasteiger partial charge in [-0.3, -0.25) is 9.08 Å². The largest absolute Gasteiger partial charge is 0.478 e. The number of hydrogen-bond acceptors (Lipinski definition) is 7. The average molecular weight is 517 g/mol. The second-order valence-electron chi connectivity index (χ2n) is 8.46. The van der Waals surface area contributed by atoms with Gasteiger partial charge in [0.05, 0.1) is 16.9 Å². The van der Waals surface area contributed by atoms with Crippen molar-refractivity contribution in [3.05, 3.63) is 46.8 Å². The second-order valence-corrected chi connectivity index (χ2v) is 12.2. The van der Waals surface area contributed by atoms with Crippen molar-refractivity contribution >= 4 is 29.7 Å². The zero-order valence-corrected chi connectivity index (χ0v) is 21.1. The monoisotopic (exact) mass is 516 g/mol. The number of rotatable bonds is 14. The third-order valence-corrected chi connectivity index (χ3v) is 8.70. The van der Waals surface area contributed by atoms with Gasteiger partial charge < -0.3 is 9.63 Å². The summed E-state index contributed by atoms with van der Waals surface area (Å²) in [6.07, 6.45) is 9.53. The van der Waals surface area contributed by atoms with Crippen molar-refractivity contribution < 1.29 is 41.3 Å². The van der Waals surface area contributed by atoms with E-state index in [1.165, 1.54) is 51.0 Å². The third kappa shape index (κ3) is 9.33. The maximum atomic E-state index is 13.5. The Balaban J connectivity index is 2.14. The predicted molar refractivity (Wildman–Crippen MR) is 128 cm³/mol. The Morgan fingerprint density at radius 1 is 1.15 bits per heavy atom. The molecule has 0 saturated heterocycles. The summed E-state index contributed by atoms with van der Waals surface area (Å²) in [5, 5.41) is 9.48. The Bertz CT molecular complexity index is 1030. The molecule has 1 unspecified atom stereocenters. The topological polar surface area (TPSA) is 144 Å². The maximum absolute atomic E-state index is 13.5. The van der Waals surface area contributed by atoms with E-state index in [2.05, 4.69) is 0 Å². The lowest BCUT2D eigenvalue weighted by atomic mass is 10.0. The normalized spacial score (nSPS) is 16.8. The summed E-state index contributed by atoms with van der Waals surface area (Å²) in [5.74, 6) is -1.91. The number of carbonyl (C=O) groups excluding carboxylic acids is 1. The lowest BCUT2D eigenvalue weighted by Gasteiger charge is -2.20. The Kier molecular flexibility index (Phi) is 11.0. The van der Waals surface area contributed by atoms with Gasteiger partial charge in [0.1, 0.15) is 0 Å². The van der Waals surface area contributed by atoms with Crippen molar-refractivity contribution in [2.24, 2.45) is 5.92 Å². The fourth-order valence-corrected chi connectivity index (χ4v) is 6.18. The molecule has 34 heavy (non-hydrogen) atoms. The number of carboxylic acids is 1. The smallest absolute Gasteiger partial charge is 0.408 e. The lowest BCUT2D eigenvalue weighted by Crippen LogP contribution is -2.08. The van der Waals surface area contributed by atoms with E-state index in [1.54, 1.807) is 6.08 Å². The number of carboxylic acid groups (broad SMARTS) is 1. The van der Waals surface area contributed by atoms with Crippen molar-refractivity contribution in [2.75, 3.05) is 12.9 Å². The Hall–Kier alpha value is -2.00. The molecule has 1 aromatic carbocycles. The summed E-state index contributed by atoms with van der Waals surface area (Å²) >= 11 is 0. The van der Waals surface area contributed by atoms with Crippen molar-refractivity contribution in [2.45, 2.75) is 64.2 Å². The van der Waals surface area contributed by atoms with Crippen LogP contribution in [0.5, 0.6) is 0 Å². The van der Waals surface area contributed by atoms with Crippen LogP contribution in [0.1, 0.15) is 84.9 Å². The van der Waals surface area contributed by atoms with E-state index < -0.39 is 29.7 Å². The molecule has 2 N–H and O–H groups in total. The molecule has 0 aromatic heterocycles. The minimum Gasteiger partial charge on any atom is -0.478 e. The molecular weight excluding hydrogens is 483 g/mol.